The summed E-state index contributed by atoms with van der Waals surface area (Å²) in [6.07, 6.45) is 3.36. The van der Waals surface area contributed by atoms with E-state index < -0.39 is 0 Å². The molecule has 0 unspecified atom stereocenters. The van der Waals surface area contributed by atoms with E-state index in [2.05, 4.69) is 15.1 Å². The fourth-order valence-corrected chi connectivity index (χ4v) is 3.23. The second kappa shape index (κ2) is 5.27. The van der Waals surface area contributed by atoms with E-state index in [1.165, 1.54) is 12.8 Å². The monoisotopic (exact) mass is 331 g/mol. The van der Waals surface area contributed by atoms with Crippen LogP contribution in [0.4, 0.5) is 4.39 Å². The fourth-order valence-electron chi connectivity index (χ4n) is 2.92. The average Bonchev–Trinajstić information content (AvgIpc) is 3.20. The van der Waals surface area contributed by atoms with Crippen molar-refractivity contribution in [3.05, 3.63) is 40.1 Å². The first-order valence-electron chi connectivity index (χ1n) is 7.62. The number of fused-ring (bicyclic) bond motifs is 1. The van der Waals surface area contributed by atoms with Crippen LogP contribution < -0.4 is 0 Å². The summed E-state index contributed by atoms with van der Waals surface area (Å²) in [4.78, 5) is 8.44. The standard InChI is InChI=1S/C17H15ClFN3O/c1-8-12-6-11(5-10-3-4-10)7-13(19)15(12)21-16(18)14(8)17-20-9(2)22-23-17/h6-7,10H,3-5H2,1-2H3. The predicted molar refractivity (Wildman–Crippen MR) is 85.9 cm³/mol. The summed E-state index contributed by atoms with van der Waals surface area (Å²) in [7, 11) is 0. The normalized spacial score (nSPS) is 14.6. The van der Waals surface area contributed by atoms with Gasteiger partial charge in [0.1, 0.15) is 16.5 Å². The minimum absolute atomic E-state index is 0.174. The summed E-state index contributed by atoms with van der Waals surface area (Å²) in [6, 6.07) is 3.57. The Hall–Kier alpha value is -2.01. The van der Waals surface area contributed by atoms with E-state index in [-0.39, 0.29) is 16.5 Å². The molecule has 0 spiro atoms. The molecule has 3 aromatic rings. The SMILES string of the molecule is Cc1noc(-c2c(Cl)nc3c(F)cc(CC4CC4)cc3c2C)n1. The second-order valence-electron chi connectivity index (χ2n) is 6.17. The molecule has 0 atom stereocenters. The van der Waals surface area contributed by atoms with Gasteiger partial charge in [-0.15, -0.1) is 0 Å². The van der Waals surface area contributed by atoms with Gasteiger partial charge in [-0.25, -0.2) is 9.37 Å². The molecule has 1 saturated carbocycles. The van der Waals surface area contributed by atoms with Crippen LogP contribution in [-0.2, 0) is 6.42 Å². The van der Waals surface area contributed by atoms with E-state index in [1.54, 1.807) is 13.0 Å². The van der Waals surface area contributed by atoms with Crippen LogP contribution in [0.2, 0.25) is 5.15 Å². The van der Waals surface area contributed by atoms with Gasteiger partial charge in [0.25, 0.3) is 5.89 Å². The van der Waals surface area contributed by atoms with Gasteiger partial charge in [-0.1, -0.05) is 16.8 Å². The summed E-state index contributed by atoms with van der Waals surface area (Å²) < 4.78 is 19.7. The molecule has 118 valence electrons. The molecule has 1 aromatic carbocycles. The molecule has 0 aliphatic heterocycles. The highest BCUT2D eigenvalue weighted by Gasteiger charge is 2.24. The number of aryl methyl sites for hydroxylation is 2. The van der Waals surface area contributed by atoms with E-state index in [1.807, 2.05) is 13.0 Å². The van der Waals surface area contributed by atoms with E-state index in [0.717, 1.165) is 22.9 Å². The predicted octanol–water partition coefficient (Wildman–Crippen LogP) is 4.65. The number of halogens is 2. The molecule has 2 heterocycles. The average molecular weight is 332 g/mol. The van der Waals surface area contributed by atoms with E-state index in [4.69, 9.17) is 16.1 Å². The molecular weight excluding hydrogens is 317 g/mol. The van der Waals surface area contributed by atoms with Crippen molar-refractivity contribution in [2.75, 3.05) is 0 Å². The van der Waals surface area contributed by atoms with Crippen molar-refractivity contribution in [1.29, 1.82) is 0 Å². The smallest absolute Gasteiger partial charge is 0.261 e. The van der Waals surface area contributed by atoms with Gasteiger partial charge in [0, 0.05) is 5.39 Å². The number of benzene rings is 1. The third-order valence-electron chi connectivity index (χ3n) is 4.28. The lowest BCUT2D eigenvalue weighted by Crippen LogP contribution is -1.97. The van der Waals surface area contributed by atoms with Gasteiger partial charge in [-0.2, -0.15) is 4.98 Å². The number of nitrogens with zero attached hydrogens (tertiary/aromatic N) is 3. The zero-order valence-electron chi connectivity index (χ0n) is 12.9. The van der Waals surface area contributed by atoms with Gasteiger partial charge in [0.2, 0.25) is 0 Å². The Morgan fingerprint density at radius 3 is 2.70 bits per heavy atom. The third-order valence-corrected chi connectivity index (χ3v) is 4.55. The Balaban J connectivity index is 1.94. The summed E-state index contributed by atoms with van der Waals surface area (Å²) in [5.74, 6) is 1.18. The van der Waals surface area contributed by atoms with Crippen LogP contribution in [0, 0.1) is 25.6 Å². The van der Waals surface area contributed by atoms with Gasteiger partial charge in [-0.3, -0.25) is 0 Å². The molecule has 1 aliphatic carbocycles. The Labute approximate surface area is 137 Å². The zero-order chi connectivity index (χ0) is 16.1. The molecule has 0 radical (unpaired) electrons. The van der Waals surface area contributed by atoms with Crippen molar-refractivity contribution in [3.8, 4) is 11.5 Å². The van der Waals surface area contributed by atoms with Gasteiger partial charge in [0.05, 0.1) is 5.56 Å². The molecule has 1 fully saturated rings. The van der Waals surface area contributed by atoms with E-state index >= 15 is 0 Å². The number of hydrogen-bond donors (Lipinski definition) is 0. The van der Waals surface area contributed by atoms with Crippen LogP contribution in [0.5, 0.6) is 0 Å². The summed E-state index contributed by atoms with van der Waals surface area (Å²) >= 11 is 6.25. The second-order valence-corrected chi connectivity index (χ2v) is 6.53. The van der Waals surface area contributed by atoms with Gasteiger partial charge < -0.3 is 4.52 Å². The number of rotatable bonds is 3. The number of hydrogen-bond acceptors (Lipinski definition) is 4. The van der Waals surface area contributed by atoms with Gasteiger partial charge >= 0.3 is 0 Å². The molecule has 4 nitrogen and oxygen atoms in total. The minimum Gasteiger partial charge on any atom is -0.334 e. The maximum absolute atomic E-state index is 14.4. The van der Waals surface area contributed by atoms with Gasteiger partial charge in [-0.05, 0) is 62.3 Å². The van der Waals surface area contributed by atoms with Gasteiger partial charge in [0.15, 0.2) is 5.82 Å². The van der Waals surface area contributed by atoms with Crippen LogP contribution in [-0.4, -0.2) is 15.1 Å². The van der Waals surface area contributed by atoms with Crippen LogP contribution in [0.15, 0.2) is 16.7 Å². The molecule has 0 bridgehead atoms. The van der Waals surface area contributed by atoms with Crippen molar-refractivity contribution in [1.82, 2.24) is 15.1 Å². The Morgan fingerprint density at radius 2 is 2.04 bits per heavy atom. The van der Waals surface area contributed by atoms with Crippen molar-refractivity contribution in [2.45, 2.75) is 33.1 Å². The van der Waals surface area contributed by atoms with E-state index in [9.17, 15) is 4.39 Å². The Morgan fingerprint density at radius 1 is 1.26 bits per heavy atom. The molecule has 0 saturated heterocycles. The van der Waals surface area contributed by atoms with Crippen molar-refractivity contribution < 1.29 is 8.91 Å². The molecule has 6 heteroatoms. The molecule has 0 amide bonds. The Kier molecular flexibility index (Phi) is 3.34. The molecular formula is C17H15ClFN3O. The maximum atomic E-state index is 14.4. The molecule has 23 heavy (non-hydrogen) atoms. The number of pyridine rings is 1. The highest BCUT2D eigenvalue weighted by molar-refractivity contribution is 6.32. The molecule has 4 rings (SSSR count). The van der Waals surface area contributed by atoms with Crippen LogP contribution in [0.3, 0.4) is 0 Å². The summed E-state index contributed by atoms with van der Waals surface area (Å²) in [5, 5.41) is 4.71. The first-order chi connectivity index (χ1) is 11.0. The lowest BCUT2D eigenvalue weighted by atomic mass is 10.00. The lowest BCUT2D eigenvalue weighted by molar-refractivity contribution is 0.425. The topological polar surface area (TPSA) is 51.8 Å². The fraction of sp³-hybridized carbons (Fsp3) is 0.353. The molecule has 1 aliphatic rings. The number of aromatic nitrogens is 3. The molecule has 0 N–H and O–H groups in total. The summed E-state index contributed by atoms with van der Waals surface area (Å²) in [6.45, 7) is 3.61. The van der Waals surface area contributed by atoms with Crippen LogP contribution >= 0.6 is 11.6 Å². The Bertz CT molecular complexity index is 918. The largest absolute Gasteiger partial charge is 0.334 e. The molecule has 2 aromatic heterocycles. The van der Waals surface area contributed by atoms with Crippen molar-refractivity contribution >= 4 is 22.5 Å². The van der Waals surface area contributed by atoms with Crippen LogP contribution in [0.25, 0.3) is 22.4 Å². The first kappa shape index (κ1) is 14.6. The third kappa shape index (κ3) is 2.59. The summed E-state index contributed by atoms with van der Waals surface area (Å²) in [5.41, 5.74) is 2.66. The maximum Gasteiger partial charge on any atom is 0.261 e. The first-order valence-corrected chi connectivity index (χ1v) is 7.99. The highest BCUT2D eigenvalue weighted by atomic mass is 35.5. The minimum atomic E-state index is -0.337. The lowest BCUT2D eigenvalue weighted by Gasteiger charge is -2.11. The quantitative estimate of drug-likeness (QED) is 0.656. The van der Waals surface area contributed by atoms with Crippen molar-refractivity contribution in [2.24, 2.45) is 5.92 Å². The zero-order valence-corrected chi connectivity index (χ0v) is 13.6. The van der Waals surface area contributed by atoms with Crippen molar-refractivity contribution in [3.63, 3.8) is 0 Å². The van der Waals surface area contributed by atoms with Crippen LogP contribution in [0.1, 0.15) is 29.8 Å². The highest BCUT2D eigenvalue weighted by Crippen LogP contribution is 2.37. The van der Waals surface area contributed by atoms with E-state index in [0.29, 0.717) is 23.2 Å².